The fourth-order valence-electron chi connectivity index (χ4n) is 1.10. The van der Waals surface area contributed by atoms with Gasteiger partial charge in [-0.2, -0.15) is 0 Å². The molecule has 1 fully saturated rings. The number of thiocarbonyl (C=S) groups is 1. The molecule has 0 aromatic heterocycles. The van der Waals surface area contributed by atoms with E-state index in [9.17, 15) is 0 Å². The van der Waals surface area contributed by atoms with E-state index in [0.29, 0.717) is 18.5 Å². The van der Waals surface area contributed by atoms with Crippen LogP contribution < -0.4 is 5.32 Å². The molecule has 0 atom stereocenters. The van der Waals surface area contributed by atoms with Crippen molar-refractivity contribution in [2.24, 2.45) is 0 Å². The molecule has 1 N–H and O–H groups in total. The summed E-state index contributed by atoms with van der Waals surface area (Å²) < 4.78 is 10.3. The molecule has 0 bridgehead atoms. The molecule has 0 aliphatic carbocycles. The van der Waals surface area contributed by atoms with Crippen molar-refractivity contribution in [2.45, 2.75) is 0 Å². The number of nitrogens with zero attached hydrogens (tertiary/aromatic N) is 1. The van der Waals surface area contributed by atoms with Gasteiger partial charge in [-0.15, -0.1) is 6.42 Å². The standard InChI is InChI=1S/C9H14N2O2S/c1-2-5-13-8-10-9(14)11-3-6-12-7-4-11/h1H,3-8H2,(H,10,14). The Morgan fingerprint density at radius 3 is 2.93 bits per heavy atom. The van der Waals surface area contributed by atoms with E-state index in [0.717, 1.165) is 26.3 Å². The maximum Gasteiger partial charge on any atom is 0.170 e. The lowest BCUT2D eigenvalue weighted by molar-refractivity contribution is 0.0659. The zero-order chi connectivity index (χ0) is 10.2. The topological polar surface area (TPSA) is 33.7 Å². The maximum absolute atomic E-state index is 5.21. The van der Waals surface area contributed by atoms with Crippen molar-refractivity contribution in [2.75, 3.05) is 39.6 Å². The summed E-state index contributed by atoms with van der Waals surface area (Å²) in [6.45, 7) is 3.79. The molecule has 14 heavy (non-hydrogen) atoms. The van der Waals surface area contributed by atoms with E-state index in [1.165, 1.54) is 0 Å². The Morgan fingerprint density at radius 1 is 1.57 bits per heavy atom. The van der Waals surface area contributed by atoms with Crippen molar-refractivity contribution in [1.82, 2.24) is 10.2 Å². The Kier molecular flexibility index (Phi) is 5.30. The van der Waals surface area contributed by atoms with E-state index in [1.807, 2.05) is 0 Å². The lowest BCUT2D eigenvalue weighted by Gasteiger charge is -2.29. The smallest absolute Gasteiger partial charge is 0.170 e. The Balaban J connectivity index is 2.11. The molecule has 0 aromatic carbocycles. The second-order valence-electron chi connectivity index (χ2n) is 2.78. The van der Waals surface area contributed by atoms with Gasteiger partial charge in [0.2, 0.25) is 0 Å². The van der Waals surface area contributed by atoms with Crippen molar-refractivity contribution in [3.8, 4) is 12.3 Å². The van der Waals surface area contributed by atoms with Gasteiger partial charge in [0.15, 0.2) is 5.11 Å². The summed E-state index contributed by atoms with van der Waals surface area (Å²) in [5.74, 6) is 2.38. The largest absolute Gasteiger partial charge is 0.378 e. The molecule has 5 heteroatoms. The average Bonchev–Trinajstić information content (AvgIpc) is 2.25. The zero-order valence-electron chi connectivity index (χ0n) is 7.99. The van der Waals surface area contributed by atoms with Crippen LogP contribution in [0.15, 0.2) is 0 Å². The summed E-state index contributed by atoms with van der Waals surface area (Å²) >= 11 is 5.15. The van der Waals surface area contributed by atoms with E-state index >= 15 is 0 Å². The molecule has 1 rings (SSSR count). The lowest BCUT2D eigenvalue weighted by atomic mass is 10.4. The zero-order valence-corrected chi connectivity index (χ0v) is 8.81. The number of nitrogens with one attached hydrogen (secondary N) is 1. The third-order valence-corrected chi connectivity index (χ3v) is 2.21. The van der Waals surface area contributed by atoms with Crippen molar-refractivity contribution < 1.29 is 9.47 Å². The Bertz CT molecular complexity index is 221. The Hall–Kier alpha value is -0.830. The fraction of sp³-hybridized carbons (Fsp3) is 0.667. The van der Waals surface area contributed by atoms with Crippen LogP contribution in [0.1, 0.15) is 0 Å². The number of rotatable bonds is 3. The second kappa shape index (κ2) is 6.60. The van der Waals surface area contributed by atoms with Gasteiger partial charge in [-0.1, -0.05) is 5.92 Å². The predicted molar refractivity (Wildman–Crippen MR) is 57.8 cm³/mol. The molecule has 1 saturated heterocycles. The summed E-state index contributed by atoms with van der Waals surface area (Å²) in [6, 6.07) is 0. The number of terminal acetylenes is 1. The van der Waals surface area contributed by atoms with E-state index in [-0.39, 0.29) is 0 Å². The van der Waals surface area contributed by atoms with Crippen LogP contribution in [0.3, 0.4) is 0 Å². The lowest BCUT2D eigenvalue weighted by Crippen LogP contribution is -2.46. The van der Waals surface area contributed by atoms with Crippen LogP contribution >= 0.6 is 12.2 Å². The van der Waals surface area contributed by atoms with Crippen molar-refractivity contribution in [3.63, 3.8) is 0 Å². The molecule has 1 aliphatic heterocycles. The minimum Gasteiger partial charge on any atom is -0.378 e. The molecule has 0 spiro atoms. The SMILES string of the molecule is C#CCOCNC(=S)N1CCOCC1. The highest BCUT2D eigenvalue weighted by molar-refractivity contribution is 7.80. The Morgan fingerprint density at radius 2 is 2.29 bits per heavy atom. The minimum absolute atomic E-state index is 0.304. The molecule has 0 radical (unpaired) electrons. The Labute approximate surface area is 89.5 Å². The highest BCUT2D eigenvalue weighted by Crippen LogP contribution is 1.96. The molecule has 0 saturated carbocycles. The molecule has 4 nitrogen and oxygen atoms in total. The first-order valence-corrected chi connectivity index (χ1v) is 4.87. The molecular weight excluding hydrogens is 200 g/mol. The van der Waals surface area contributed by atoms with Crippen LogP contribution in [0, 0.1) is 12.3 Å². The summed E-state index contributed by atoms with van der Waals surface area (Å²) in [5, 5.41) is 3.67. The molecular formula is C9H14N2O2S. The van der Waals surface area contributed by atoms with Gasteiger partial charge in [-0.25, -0.2) is 0 Å². The van der Waals surface area contributed by atoms with Gasteiger partial charge in [0.05, 0.1) is 13.2 Å². The van der Waals surface area contributed by atoms with Crippen molar-refractivity contribution in [1.29, 1.82) is 0 Å². The summed E-state index contributed by atoms with van der Waals surface area (Å²) in [7, 11) is 0. The van der Waals surface area contributed by atoms with Crippen LogP contribution in [0.5, 0.6) is 0 Å². The fourth-order valence-corrected chi connectivity index (χ4v) is 1.34. The molecule has 1 heterocycles. The van der Waals surface area contributed by atoms with E-state index in [4.69, 9.17) is 28.1 Å². The first-order valence-electron chi connectivity index (χ1n) is 4.46. The van der Waals surface area contributed by atoms with Crippen LogP contribution in [0.25, 0.3) is 0 Å². The van der Waals surface area contributed by atoms with Gasteiger partial charge >= 0.3 is 0 Å². The van der Waals surface area contributed by atoms with E-state index in [1.54, 1.807) is 0 Å². The van der Waals surface area contributed by atoms with Crippen molar-refractivity contribution >= 4 is 17.3 Å². The van der Waals surface area contributed by atoms with Crippen LogP contribution in [0.4, 0.5) is 0 Å². The number of morpholine rings is 1. The van der Waals surface area contributed by atoms with Gasteiger partial charge < -0.3 is 19.7 Å². The predicted octanol–water partition coefficient (Wildman–Crippen LogP) is -0.200. The van der Waals surface area contributed by atoms with Gasteiger partial charge in [-0.3, -0.25) is 0 Å². The van der Waals surface area contributed by atoms with Crippen molar-refractivity contribution in [3.05, 3.63) is 0 Å². The second-order valence-corrected chi connectivity index (χ2v) is 3.16. The van der Waals surface area contributed by atoms with Crippen LogP contribution in [-0.4, -0.2) is 49.7 Å². The van der Waals surface area contributed by atoms with Crippen LogP contribution in [-0.2, 0) is 9.47 Å². The monoisotopic (exact) mass is 214 g/mol. The first kappa shape index (κ1) is 11.2. The quantitative estimate of drug-likeness (QED) is 0.304. The van der Waals surface area contributed by atoms with E-state index < -0.39 is 0 Å². The maximum atomic E-state index is 5.21. The minimum atomic E-state index is 0.304. The van der Waals surface area contributed by atoms with Gasteiger partial charge in [-0.05, 0) is 12.2 Å². The molecule has 0 amide bonds. The van der Waals surface area contributed by atoms with E-state index in [2.05, 4.69) is 16.1 Å². The molecule has 78 valence electrons. The van der Waals surface area contributed by atoms with Gasteiger partial charge in [0.1, 0.15) is 13.3 Å². The molecule has 0 unspecified atom stereocenters. The normalized spacial score (nSPS) is 16.1. The highest BCUT2D eigenvalue weighted by atomic mass is 32.1. The number of hydrogen-bond donors (Lipinski definition) is 1. The highest BCUT2D eigenvalue weighted by Gasteiger charge is 2.12. The first-order chi connectivity index (χ1) is 6.84. The third-order valence-electron chi connectivity index (χ3n) is 1.81. The third kappa shape index (κ3) is 3.92. The number of ether oxygens (including phenoxy) is 2. The summed E-state index contributed by atoms with van der Waals surface area (Å²) in [6.07, 6.45) is 5.03. The molecule has 1 aliphatic rings. The summed E-state index contributed by atoms with van der Waals surface area (Å²) in [5.41, 5.74) is 0. The van der Waals surface area contributed by atoms with Gasteiger partial charge in [0, 0.05) is 13.1 Å². The number of hydrogen-bond acceptors (Lipinski definition) is 3. The van der Waals surface area contributed by atoms with Crippen LogP contribution in [0.2, 0.25) is 0 Å². The average molecular weight is 214 g/mol. The summed E-state index contributed by atoms with van der Waals surface area (Å²) in [4.78, 5) is 2.05. The van der Waals surface area contributed by atoms with Gasteiger partial charge in [0.25, 0.3) is 0 Å². The molecule has 0 aromatic rings.